The predicted molar refractivity (Wildman–Crippen MR) is 80.9 cm³/mol. The highest BCUT2D eigenvalue weighted by Crippen LogP contribution is 2.30. The van der Waals surface area contributed by atoms with Gasteiger partial charge in [0.15, 0.2) is 0 Å². The average Bonchev–Trinajstić information content (AvgIpc) is 3.32. The van der Waals surface area contributed by atoms with E-state index in [0.29, 0.717) is 23.7 Å². The van der Waals surface area contributed by atoms with Crippen LogP contribution in [0.4, 0.5) is 0 Å². The molecule has 0 amide bonds. The number of hydrogen-bond donors (Lipinski definition) is 0. The Morgan fingerprint density at radius 2 is 1.71 bits per heavy atom. The smallest absolute Gasteiger partial charge is 0.243 e. The van der Waals surface area contributed by atoms with Crippen LogP contribution in [0.1, 0.15) is 12.8 Å². The molecule has 1 aromatic rings. The van der Waals surface area contributed by atoms with Gasteiger partial charge in [0, 0.05) is 32.7 Å². The second-order valence-corrected chi connectivity index (χ2v) is 7.76. The molecule has 1 saturated heterocycles. The third-order valence-electron chi connectivity index (χ3n) is 4.24. The molecule has 0 radical (unpaired) electrons. The molecule has 0 aromatic heterocycles. The van der Waals surface area contributed by atoms with Gasteiger partial charge < -0.3 is 9.64 Å². The molecule has 0 atom stereocenters. The van der Waals surface area contributed by atoms with Crippen molar-refractivity contribution in [3.63, 3.8) is 0 Å². The van der Waals surface area contributed by atoms with Gasteiger partial charge in [0.05, 0.1) is 12.0 Å². The average molecular weight is 310 g/mol. The van der Waals surface area contributed by atoms with E-state index in [-0.39, 0.29) is 0 Å². The fourth-order valence-corrected chi connectivity index (χ4v) is 4.14. The van der Waals surface area contributed by atoms with Crippen molar-refractivity contribution < 1.29 is 13.2 Å². The van der Waals surface area contributed by atoms with Crippen molar-refractivity contribution in [3.8, 4) is 5.75 Å². The van der Waals surface area contributed by atoms with E-state index >= 15 is 0 Å². The van der Waals surface area contributed by atoms with E-state index in [1.165, 1.54) is 12.8 Å². The number of piperazine rings is 1. The van der Waals surface area contributed by atoms with Gasteiger partial charge in [-0.25, -0.2) is 8.42 Å². The summed E-state index contributed by atoms with van der Waals surface area (Å²) in [5.74, 6) is 1.53. The Balaban J connectivity index is 1.64. The van der Waals surface area contributed by atoms with Gasteiger partial charge in [-0.2, -0.15) is 4.31 Å². The highest BCUT2D eigenvalue weighted by atomic mass is 32.2. The monoisotopic (exact) mass is 310 g/mol. The first-order valence-corrected chi connectivity index (χ1v) is 8.90. The van der Waals surface area contributed by atoms with Crippen LogP contribution in [0, 0.1) is 5.92 Å². The third-order valence-corrected chi connectivity index (χ3v) is 6.15. The Morgan fingerprint density at radius 1 is 1.10 bits per heavy atom. The largest absolute Gasteiger partial charge is 0.497 e. The lowest BCUT2D eigenvalue weighted by Crippen LogP contribution is -2.49. The molecule has 0 bridgehead atoms. The number of hydrogen-bond acceptors (Lipinski definition) is 4. The van der Waals surface area contributed by atoms with Gasteiger partial charge in [0.25, 0.3) is 0 Å². The first-order valence-electron chi connectivity index (χ1n) is 7.46. The summed E-state index contributed by atoms with van der Waals surface area (Å²) in [6.45, 7) is 3.98. The molecule has 21 heavy (non-hydrogen) atoms. The van der Waals surface area contributed by atoms with Crippen molar-refractivity contribution in [3.05, 3.63) is 24.3 Å². The van der Waals surface area contributed by atoms with Gasteiger partial charge in [-0.3, -0.25) is 0 Å². The topological polar surface area (TPSA) is 49.9 Å². The maximum atomic E-state index is 12.6. The van der Waals surface area contributed by atoms with Crippen LogP contribution in [0.2, 0.25) is 0 Å². The van der Waals surface area contributed by atoms with E-state index in [0.717, 1.165) is 25.6 Å². The minimum Gasteiger partial charge on any atom is -0.497 e. The minimum absolute atomic E-state index is 0.346. The summed E-state index contributed by atoms with van der Waals surface area (Å²) in [5.41, 5.74) is 0. The number of ether oxygens (including phenoxy) is 1. The number of nitrogens with zero attached hydrogens (tertiary/aromatic N) is 2. The molecule has 1 aliphatic carbocycles. The molecular formula is C15H22N2O3S. The highest BCUT2D eigenvalue weighted by Gasteiger charge is 2.31. The van der Waals surface area contributed by atoms with Crippen molar-refractivity contribution >= 4 is 10.0 Å². The SMILES string of the molecule is COc1ccc(S(=O)(=O)N2CCN(CC3CC3)CC2)cc1. The molecule has 1 saturated carbocycles. The van der Waals surface area contributed by atoms with Crippen molar-refractivity contribution in [2.75, 3.05) is 39.8 Å². The van der Waals surface area contributed by atoms with Crippen LogP contribution in [0.15, 0.2) is 29.2 Å². The fraction of sp³-hybridized carbons (Fsp3) is 0.600. The number of sulfonamides is 1. The molecule has 0 unspecified atom stereocenters. The van der Waals surface area contributed by atoms with Crippen LogP contribution in [-0.4, -0.2) is 57.5 Å². The second kappa shape index (κ2) is 5.94. The van der Waals surface area contributed by atoms with E-state index in [1.54, 1.807) is 35.7 Å². The molecular weight excluding hydrogens is 288 g/mol. The second-order valence-electron chi connectivity index (χ2n) is 5.82. The quantitative estimate of drug-likeness (QED) is 0.825. The zero-order valence-corrected chi connectivity index (χ0v) is 13.2. The standard InChI is InChI=1S/C15H22N2O3S/c1-20-14-4-6-15(7-5-14)21(18,19)17-10-8-16(9-11-17)12-13-2-3-13/h4-7,13H,2-3,8-12H2,1H3. The summed E-state index contributed by atoms with van der Waals surface area (Å²) >= 11 is 0. The van der Waals surface area contributed by atoms with Crippen LogP contribution in [0.5, 0.6) is 5.75 Å². The Kier molecular flexibility index (Phi) is 4.19. The Labute approximate surface area is 126 Å². The highest BCUT2D eigenvalue weighted by molar-refractivity contribution is 7.89. The Bertz CT molecular complexity index is 573. The van der Waals surface area contributed by atoms with Gasteiger partial charge in [-0.1, -0.05) is 0 Å². The zero-order chi connectivity index (χ0) is 14.9. The number of rotatable bonds is 5. The lowest BCUT2D eigenvalue weighted by Gasteiger charge is -2.34. The molecule has 0 N–H and O–H groups in total. The molecule has 5 nitrogen and oxygen atoms in total. The van der Waals surface area contributed by atoms with Crippen molar-refractivity contribution in [1.82, 2.24) is 9.21 Å². The summed E-state index contributed by atoms with van der Waals surface area (Å²) in [4.78, 5) is 2.73. The van der Waals surface area contributed by atoms with Gasteiger partial charge >= 0.3 is 0 Å². The van der Waals surface area contributed by atoms with Gasteiger partial charge in [-0.15, -0.1) is 0 Å². The van der Waals surface area contributed by atoms with Crippen molar-refractivity contribution in [2.45, 2.75) is 17.7 Å². The molecule has 1 heterocycles. The molecule has 1 aromatic carbocycles. The molecule has 6 heteroatoms. The van der Waals surface area contributed by atoms with Crippen molar-refractivity contribution in [1.29, 1.82) is 0 Å². The summed E-state index contributed by atoms with van der Waals surface area (Å²) in [7, 11) is -1.80. The fourth-order valence-electron chi connectivity index (χ4n) is 2.71. The van der Waals surface area contributed by atoms with Crippen LogP contribution in [-0.2, 0) is 10.0 Å². The van der Waals surface area contributed by atoms with E-state index in [9.17, 15) is 8.42 Å². The maximum Gasteiger partial charge on any atom is 0.243 e. The summed E-state index contributed by atoms with van der Waals surface area (Å²) in [6.07, 6.45) is 2.68. The van der Waals surface area contributed by atoms with E-state index < -0.39 is 10.0 Å². The number of benzene rings is 1. The first kappa shape index (κ1) is 14.8. The third kappa shape index (κ3) is 3.39. The Hall–Kier alpha value is -1.11. The lowest BCUT2D eigenvalue weighted by atomic mass is 10.3. The molecule has 116 valence electrons. The molecule has 1 aliphatic heterocycles. The summed E-state index contributed by atoms with van der Waals surface area (Å²) in [6, 6.07) is 6.61. The maximum absolute atomic E-state index is 12.6. The lowest BCUT2D eigenvalue weighted by molar-refractivity contribution is 0.182. The van der Waals surface area contributed by atoms with E-state index in [4.69, 9.17) is 4.74 Å². The zero-order valence-electron chi connectivity index (χ0n) is 12.4. The van der Waals surface area contributed by atoms with Crippen LogP contribution in [0.3, 0.4) is 0 Å². The van der Waals surface area contributed by atoms with Crippen LogP contribution >= 0.6 is 0 Å². The molecule has 0 spiro atoms. The molecule has 2 aliphatic rings. The summed E-state index contributed by atoms with van der Waals surface area (Å²) < 4.78 is 31.9. The summed E-state index contributed by atoms with van der Waals surface area (Å²) in [5, 5.41) is 0. The first-order chi connectivity index (χ1) is 10.1. The van der Waals surface area contributed by atoms with Gasteiger partial charge in [-0.05, 0) is 43.0 Å². The minimum atomic E-state index is -3.37. The predicted octanol–water partition coefficient (Wildman–Crippen LogP) is 1.41. The normalized spacial score (nSPS) is 21.4. The van der Waals surface area contributed by atoms with Crippen LogP contribution in [0.25, 0.3) is 0 Å². The Morgan fingerprint density at radius 3 is 2.24 bits per heavy atom. The van der Waals surface area contributed by atoms with Crippen molar-refractivity contribution in [2.24, 2.45) is 5.92 Å². The van der Waals surface area contributed by atoms with Gasteiger partial charge in [0.1, 0.15) is 5.75 Å². The van der Waals surface area contributed by atoms with Gasteiger partial charge in [0.2, 0.25) is 10.0 Å². The molecule has 2 fully saturated rings. The molecule has 3 rings (SSSR count). The van der Waals surface area contributed by atoms with Crippen LogP contribution < -0.4 is 4.74 Å². The number of methoxy groups -OCH3 is 1. The van der Waals surface area contributed by atoms with E-state index in [2.05, 4.69) is 4.90 Å². The van der Waals surface area contributed by atoms with E-state index in [1.807, 2.05) is 0 Å².